The topological polar surface area (TPSA) is 35.0 Å². The maximum Gasteiger partial charge on any atom is 0.115 e. The van der Waals surface area contributed by atoms with E-state index in [9.17, 15) is 0 Å². The van der Waals surface area contributed by atoms with E-state index in [4.69, 9.17) is 4.74 Å². The lowest BCUT2D eigenvalue weighted by atomic mass is 10.5. The van der Waals surface area contributed by atoms with E-state index in [1.165, 1.54) is 6.33 Å². The fourth-order valence-corrected chi connectivity index (χ4v) is 0.599. The van der Waals surface area contributed by atoms with Gasteiger partial charge in [0.25, 0.3) is 0 Å². The van der Waals surface area contributed by atoms with E-state index in [0.717, 1.165) is 6.61 Å². The van der Waals surface area contributed by atoms with Crippen molar-refractivity contribution in [3.63, 3.8) is 0 Å². The molecule has 0 aromatic carbocycles. The molecule has 0 amide bonds. The summed E-state index contributed by atoms with van der Waals surface area (Å²) in [6.45, 7) is 4.73. The molecule has 1 aromatic rings. The van der Waals surface area contributed by atoms with Crippen molar-refractivity contribution in [2.75, 3.05) is 6.61 Å². The zero-order valence-electron chi connectivity index (χ0n) is 8.63. The predicted octanol–water partition coefficient (Wildman–Crippen LogP) is 2.59. The lowest BCUT2D eigenvalue weighted by molar-refractivity contribution is 0.286. The minimum absolute atomic E-state index is 0.733. The molecule has 3 nitrogen and oxygen atoms in total. The molecule has 1 aliphatic heterocycles. The summed E-state index contributed by atoms with van der Waals surface area (Å²) in [4.78, 5) is 7.35. The summed E-state index contributed by atoms with van der Waals surface area (Å²) < 4.78 is 4.80. The molecule has 2 heterocycles. The van der Waals surface area contributed by atoms with Crippen molar-refractivity contribution in [3.8, 4) is 0 Å². The molecule has 2 rings (SSSR count). The van der Waals surface area contributed by atoms with Crippen LogP contribution < -0.4 is 0 Å². The van der Waals surface area contributed by atoms with Gasteiger partial charge in [-0.25, -0.2) is 9.97 Å². The Kier molecular flexibility index (Phi) is 10.0. The van der Waals surface area contributed by atoms with Crippen LogP contribution in [-0.2, 0) is 4.74 Å². The lowest BCUT2D eigenvalue weighted by Crippen LogP contribution is -1.82. The Morgan fingerprint density at radius 2 is 1.79 bits per heavy atom. The van der Waals surface area contributed by atoms with Crippen LogP contribution in [0.15, 0.2) is 49.3 Å². The van der Waals surface area contributed by atoms with Crippen molar-refractivity contribution in [2.45, 2.75) is 13.8 Å². The summed E-state index contributed by atoms with van der Waals surface area (Å²) in [5.74, 6) is 0. The zero-order chi connectivity index (χ0) is 10.5. The largest absolute Gasteiger partial charge is 0.497 e. The highest BCUT2D eigenvalue weighted by Gasteiger charge is 1.75. The van der Waals surface area contributed by atoms with Gasteiger partial charge < -0.3 is 4.74 Å². The van der Waals surface area contributed by atoms with Crippen molar-refractivity contribution in [1.82, 2.24) is 9.97 Å². The van der Waals surface area contributed by atoms with Crippen molar-refractivity contribution in [2.24, 2.45) is 0 Å². The molecular formula is C11H16N2O. The van der Waals surface area contributed by atoms with E-state index in [0.29, 0.717) is 0 Å². The van der Waals surface area contributed by atoms with Gasteiger partial charge in [-0.3, -0.25) is 0 Å². The maximum atomic E-state index is 4.80. The van der Waals surface area contributed by atoms with Gasteiger partial charge in [-0.15, -0.1) is 0 Å². The number of rotatable bonds is 0. The number of aromatic nitrogens is 2. The summed E-state index contributed by atoms with van der Waals surface area (Å²) in [7, 11) is 0. The van der Waals surface area contributed by atoms with E-state index in [1.54, 1.807) is 24.7 Å². The minimum atomic E-state index is 0.733. The number of ether oxygens (including phenoxy) is 1. The number of hydrogen-bond acceptors (Lipinski definition) is 3. The first kappa shape index (κ1) is 12.4. The van der Waals surface area contributed by atoms with E-state index >= 15 is 0 Å². The van der Waals surface area contributed by atoms with Crippen LogP contribution in [0.2, 0.25) is 0 Å². The molecule has 0 saturated heterocycles. The Morgan fingerprint density at radius 3 is 1.93 bits per heavy atom. The molecular weight excluding hydrogens is 176 g/mol. The molecule has 1 aliphatic rings. The first-order chi connectivity index (χ1) is 7.00. The monoisotopic (exact) mass is 192 g/mol. The van der Waals surface area contributed by atoms with Crippen LogP contribution in [0.5, 0.6) is 0 Å². The molecule has 0 spiro atoms. The summed E-state index contributed by atoms with van der Waals surface area (Å²) in [6, 6.07) is 1.78. The molecule has 76 valence electrons. The Labute approximate surface area is 85.2 Å². The molecule has 0 N–H and O–H groups in total. The van der Waals surface area contributed by atoms with E-state index in [1.807, 2.05) is 32.1 Å². The van der Waals surface area contributed by atoms with Gasteiger partial charge in [0.2, 0.25) is 0 Å². The van der Waals surface area contributed by atoms with Crippen LogP contribution in [0.3, 0.4) is 0 Å². The van der Waals surface area contributed by atoms with Crippen LogP contribution >= 0.6 is 0 Å². The summed E-state index contributed by atoms with van der Waals surface area (Å²) in [5, 5.41) is 0. The average Bonchev–Trinajstić information content (AvgIpc) is 2.37. The summed E-state index contributed by atoms with van der Waals surface area (Å²) in [5.41, 5.74) is 0. The second-order valence-electron chi connectivity index (χ2n) is 1.99. The molecule has 0 saturated carbocycles. The van der Waals surface area contributed by atoms with E-state index < -0.39 is 0 Å². The Hall–Kier alpha value is -1.64. The predicted molar refractivity (Wildman–Crippen MR) is 57.6 cm³/mol. The van der Waals surface area contributed by atoms with Gasteiger partial charge in [0.05, 0.1) is 6.26 Å². The van der Waals surface area contributed by atoms with Gasteiger partial charge in [0, 0.05) is 12.4 Å². The normalized spacial score (nSPS) is 11.3. The van der Waals surface area contributed by atoms with Crippen molar-refractivity contribution in [3.05, 3.63) is 49.3 Å². The summed E-state index contributed by atoms with van der Waals surface area (Å²) >= 11 is 0. The smallest absolute Gasteiger partial charge is 0.115 e. The molecule has 0 aliphatic carbocycles. The molecule has 0 radical (unpaired) electrons. The van der Waals surface area contributed by atoms with Gasteiger partial charge in [-0.1, -0.05) is 19.9 Å². The fourth-order valence-electron chi connectivity index (χ4n) is 0.599. The van der Waals surface area contributed by atoms with E-state index in [2.05, 4.69) is 9.97 Å². The van der Waals surface area contributed by atoms with E-state index in [-0.39, 0.29) is 0 Å². The third kappa shape index (κ3) is 8.46. The van der Waals surface area contributed by atoms with Gasteiger partial charge in [-0.05, 0) is 18.2 Å². The first-order valence-corrected chi connectivity index (χ1v) is 4.63. The van der Waals surface area contributed by atoms with Gasteiger partial charge in [0.1, 0.15) is 12.9 Å². The van der Waals surface area contributed by atoms with Crippen molar-refractivity contribution in [1.29, 1.82) is 0 Å². The third-order valence-electron chi connectivity index (χ3n) is 1.09. The highest BCUT2D eigenvalue weighted by molar-refractivity contribution is 5.02. The Balaban J connectivity index is 0.000000206. The maximum absolute atomic E-state index is 4.80. The SMILES string of the molecule is C1=CCOC=C1.CC.c1cncnc1. The van der Waals surface area contributed by atoms with Crippen molar-refractivity contribution >= 4 is 0 Å². The van der Waals surface area contributed by atoms with Gasteiger partial charge >= 0.3 is 0 Å². The number of nitrogens with zero attached hydrogens (tertiary/aromatic N) is 2. The van der Waals surface area contributed by atoms with Gasteiger partial charge in [-0.2, -0.15) is 0 Å². The van der Waals surface area contributed by atoms with Crippen molar-refractivity contribution < 1.29 is 4.74 Å². The molecule has 0 unspecified atom stereocenters. The molecule has 0 atom stereocenters. The van der Waals surface area contributed by atoms with Crippen LogP contribution in [0.25, 0.3) is 0 Å². The Morgan fingerprint density at radius 1 is 1.07 bits per heavy atom. The van der Waals surface area contributed by atoms with Crippen LogP contribution in [0, 0.1) is 0 Å². The molecule has 3 heteroatoms. The average molecular weight is 192 g/mol. The Bertz CT molecular complexity index is 206. The van der Waals surface area contributed by atoms with Crippen LogP contribution in [0.4, 0.5) is 0 Å². The first-order valence-electron chi connectivity index (χ1n) is 4.63. The zero-order valence-corrected chi connectivity index (χ0v) is 8.63. The molecule has 0 bridgehead atoms. The summed E-state index contributed by atoms with van der Waals surface area (Å²) in [6.07, 6.45) is 12.3. The second-order valence-corrected chi connectivity index (χ2v) is 1.99. The second kappa shape index (κ2) is 11.4. The lowest BCUT2D eigenvalue weighted by Gasteiger charge is -1.94. The standard InChI is InChI=1S/C5H6O.C4H4N2.C2H6/c1-2-4-6-5-3-1;1-2-5-4-6-3-1;1-2/h1-4H,5H2;1-4H;1-2H3. The molecule has 14 heavy (non-hydrogen) atoms. The van der Waals surface area contributed by atoms with Crippen LogP contribution in [0.1, 0.15) is 13.8 Å². The molecule has 1 aromatic heterocycles. The quantitative estimate of drug-likeness (QED) is 0.633. The molecule has 0 fully saturated rings. The fraction of sp³-hybridized carbons (Fsp3) is 0.273. The number of allylic oxidation sites excluding steroid dienone is 2. The minimum Gasteiger partial charge on any atom is -0.497 e. The number of hydrogen-bond donors (Lipinski definition) is 0. The highest BCUT2D eigenvalue weighted by Crippen LogP contribution is 1.87. The van der Waals surface area contributed by atoms with Gasteiger partial charge in [0.15, 0.2) is 0 Å². The van der Waals surface area contributed by atoms with Crippen LogP contribution in [-0.4, -0.2) is 16.6 Å². The highest BCUT2D eigenvalue weighted by atomic mass is 16.5. The third-order valence-corrected chi connectivity index (χ3v) is 1.09.